The molecule has 0 saturated carbocycles. The first-order valence-corrected chi connectivity index (χ1v) is 8.55. The third-order valence-electron chi connectivity index (χ3n) is 4.17. The van der Waals surface area contributed by atoms with Crippen LogP contribution in [0.15, 0.2) is 48.5 Å². The van der Waals surface area contributed by atoms with E-state index in [2.05, 4.69) is 22.1 Å². The summed E-state index contributed by atoms with van der Waals surface area (Å²) in [5.74, 6) is 0.856. The summed E-state index contributed by atoms with van der Waals surface area (Å²) in [6.07, 6.45) is 0.885. The van der Waals surface area contributed by atoms with E-state index in [9.17, 15) is 4.79 Å². The van der Waals surface area contributed by atoms with Crippen molar-refractivity contribution < 1.29 is 4.79 Å². The minimum atomic E-state index is -0.0379. The van der Waals surface area contributed by atoms with Gasteiger partial charge in [0.1, 0.15) is 12.4 Å². The van der Waals surface area contributed by atoms with Crippen LogP contribution in [-0.2, 0) is 24.3 Å². The van der Waals surface area contributed by atoms with E-state index in [0.29, 0.717) is 6.54 Å². The van der Waals surface area contributed by atoms with E-state index in [-0.39, 0.29) is 12.5 Å². The number of benzene rings is 2. The minimum Gasteiger partial charge on any atom is -0.324 e. The van der Waals surface area contributed by atoms with Crippen molar-refractivity contribution in [1.29, 1.82) is 0 Å². The molecule has 3 rings (SSSR count). The Labute approximate surface area is 148 Å². The molecule has 0 spiro atoms. The first-order valence-electron chi connectivity index (χ1n) is 8.55. The molecule has 2 aromatic carbocycles. The SMILES string of the molecule is CCc1ccccc1NC(=O)Cn1c(CN(C)C)nc2ccccc21. The molecule has 1 N–H and O–H groups in total. The molecule has 1 heterocycles. The van der Waals surface area contributed by atoms with Gasteiger partial charge >= 0.3 is 0 Å². The predicted octanol–water partition coefficient (Wildman–Crippen LogP) is 3.30. The molecule has 0 radical (unpaired) electrons. The Morgan fingerprint density at radius 3 is 2.60 bits per heavy atom. The monoisotopic (exact) mass is 336 g/mol. The van der Waals surface area contributed by atoms with Crippen molar-refractivity contribution >= 4 is 22.6 Å². The van der Waals surface area contributed by atoms with Crippen LogP contribution in [0.2, 0.25) is 0 Å². The Kier molecular flexibility index (Phi) is 5.14. The van der Waals surface area contributed by atoms with Gasteiger partial charge in [0.2, 0.25) is 5.91 Å². The van der Waals surface area contributed by atoms with E-state index in [1.54, 1.807) is 0 Å². The van der Waals surface area contributed by atoms with Crippen molar-refractivity contribution in [1.82, 2.24) is 14.5 Å². The number of hydrogen-bond acceptors (Lipinski definition) is 3. The maximum absolute atomic E-state index is 12.7. The number of amides is 1. The fourth-order valence-electron chi connectivity index (χ4n) is 2.99. The minimum absolute atomic E-state index is 0.0379. The molecular weight excluding hydrogens is 312 g/mol. The van der Waals surface area contributed by atoms with Crippen LogP contribution in [0.4, 0.5) is 5.69 Å². The Bertz CT molecular complexity index is 882. The molecule has 25 heavy (non-hydrogen) atoms. The van der Waals surface area contributed by atoms with E-state index in [4.69, 9.17) is 0 Å². The molecule has 0 fully saturated rings. The van der Waals surface area contributed by atoms with Crippen LogP contribution >= 0.6 is 0 Å². The zero-order chi connectivity index (χ0) is 17.8. The lowest BCUT2D eigenvalue weighted by Crippen LogP contribution is -2.23. The molecule has 0 bridgehead atoms. The number of carbonyl (C=O) groups is 1. The fourth-order valence-corrected chi connectivity index (χ4v) is 2.99. The van der Waals surface area contributed by atoms with Gasteiger partial charge in [-0.15, -0.1) is 0 Å². The number of carbonyl (C=O) groups excluding carboxylic acids is 1. The van der Waals surface area contributed by atoms with Gasteiger partial charge in [-0.3, -0.25) is 4.79 Å². The maximum Gasteiger partial charge on any atom is 0.244 e. The number of anilines is 1. The number of rotatable bonds is 6. The standard InChI is InChI=1S/C20H24N4O/c1-4-15-9-5-6-10-16(15)22-20(25)14-24-18-12-8-7-11-17(18)21-19(24)13-23(2)3/h5-12H,4,13-14H2,1-3H3,(H,22,25). The normalized spacial score (nSPS) is 11.2. The van der Waals surface area contributed by atoms with Crippen LogP contribution in [0.5, 0.6) is 0 Å². The zero-order valence-corrected chi connectivity index (χ0v) is 15.0. The summed E-state index contributed by atoms with van der Waals surface area (Å²) in [5.41, 5.74) is 3.92. The van der Waals surface area contributed by atoms with Gasteiger partial charge in [-0.05, 0) is 44.3 Å². The van der Waals surface area contributed by atoms with Crippen molar-refractivity contribution in [2.45, 2.75) is 26.4 Å². The fraction of sp³-hybridized carbons (Fsp3) is 0.300. The maximum atomic E-state index is 12.7. The van der Waals surface area contributed by atoms with Crippen LogP contribution in [0.1, 0.15) is 18.3 Å². The van der Waals surface area contributed by atoms with Crippen molar-refractivity contribution in [3.05, 3.63) is 59.9 Å². The quantitative estimate of drug-likeness (QED) is 0.751. The van der Waals surface area contributed by atoms with Crippen molar-refractivity contribution in [2.24, 2.45) is 0 Å². The number of hydrogen-bond donors (Lipinski definition) is 1. The Morgan fingerprint density at radius 1 is 1.12 bits per heavy atom. The Balaban J connectivity index is 1.87. The second-order valence-corrected chi connectivity index (χ2v) is 6.40. The molecule has 130 valence electrons. The van der Waals surface area contributed by atoms with Gasteiger partial charge in [0.15, 0.2) is 0 Å². The number of nitrogens with zero attached hydrogens (tertiary/aromatic N) is 3. The van der Waals surface area contributed by atoms with Crippen LogP contribution in [0, 0.1) is 0 Å². The number of aromatic nitrogens is 2. The van der Waals surface area contributed by atoms with E-state index in [1.807, 2.05) is 67.2 Å². The van der Waals surface area contributed by atoms with Gasteiger partial charge < -0.3 is 14.8 Å². The molecule has 3 aromatic rings. The predicted molar refractivity (Wildman–Crippen MR) is 102 cm³/mol. The van der Waals surface area contributed by atoms with Gasteiger partial charge in [-0.2, -0.15) is 0 Å². The summed E-state index contributed by atoms with van der Waals surface area (Å²) in [5, 5.41) is 3.04. The molecule has 1 amide bonds. The Morgan fingerprint density at radius 2 is 1.84 bits per heavy atom. The largest absolute Gasteiger partial charge is 0.324 e. The van der Waals surface area contributed by atoms with E-state index < -0.39 is 0 Å². The summed E-state index contributed by atoms with van der Waals surface area (Å²) in [4.78, 5) is 19.4. The highest BCUT2D eigenvalue weighted by Crippen LogP contribution is 2.19. The smallest absolute Gasteiger partial charge is 0.244 e. The molecule has 0 unspecified atom stereocenters. The van der Waals surface area contributed by atoms with Gasteiger partial charge in [0.05, 0.1) is 17.6 Å². The lowest BCUT2D eigenvalue weighted by atomic mass is 10.1. The third-order valence-corrected chi connectivity index (χ3v) is 4.17. The average molecular weight is 336 g/mol. The first kappa shape index (κ1) is 17.2. The molecule has 0 aliphatic rings. The van der Waals surface area contributed by atoms with Gasteiger partial charge in [-0.25, -0.2) is 4.98 Å². The summed E-state index contributed by atoms with van der Waals surface area (Å²) < 4.78 is 2.00. The molecule has 0 atom stereocenters. The highest BCUT2D eigenvalue weighted by molar-refractivity contribution is 5.92. The van der Waals surface area contributed by atoms with Crippen molar-refractivity contribution in [2.75, 3.05) is 19.4 Å². The van der Waals surface area contributed by atoms with Crippen molar-refractivity contribution in [3.8, 4) is 0 Å². The zero-order valence-electron chi connectivity index (χ0n) is 15.0. The lowest BCUT2D eigenvalue weighted by molar-refractivity contribution is -0.116. The van der Waals surface area contributed by atoms with E-state index >= 15 is 0 Å². The number of aryl methyl sites for hydroxylation is 1. The van der Waals surface area contributed by atoms with Crippen molar-refractivity contribution in [3.63, 3.8) is 0 Å². The average Bonchev–Trinajstić information content (AvgIpc) is 2.92. The second-order valence-electron chi connectivity index (χ2n) is 6.40. The van der Waals surface area contributed by atoms with E-state index in [1.165, 1.54) is 0 Å². The molecule has 0 saturated heterocycles. The number of imidazole rings is 1. The van der Waals surface area contributed by atoms with Crippen LogP contribution in [-0.4, -0.2) is 34.5 Å². The molecule has 0 aliphatic carbocycles. The first-order chi connectivity index (χ1) is 12.1. The van der Waals surface area contributed by atoms with Crippen LogP contribution < -0.4 is 5.32 Å². The third kappa shape index (κ3) is 3.88. The molecule has 5 heteroatoms. The summed E-state index contributed by atoms with van der Waals surface area (Å²) in [7, 11) is 4.00. The van der Waals surface area contributed by atoms with E-state index in [0.717, 1.165) is 34.5 Å². The Hall–Kier alpha value is -2.66. The topological polar surface area (TPSA) is 50.2 Å². The van der Waals surface area contributed by atoms with Gasteiger partial charge in [-0.1, -0.05) is 37.3 Å². The summed E-state index contributed by atoms with van der Waals surface area (Å²) in [6, 6.07) is 15.9. The highest BCUT2D eigenvalue weighted by Gasteiger charge is 2.14. The van der Waals surface area contributed by atoms with Gasteiger partial charge in [0, 0.05) is 5.69 Å². The molecule has 1 aromatic heterocycles. The summed E-state index contributed by atoms with van der Waals surface area (Å²) in [6.45, 7) is 3.03. The molecular formula is C20H24N4O. The number of nitrogens with one attached hydrogen (secondary N) is 1. The van der Waals surface area contributed by atoms with Crippen LogP contribution in [0.3, 0.4) is 0 Å². The van der Waals surface area contributed by atoms with Gasteiger partial charge in [0.25, 0.3) is 0 Å². The molecule has 0 aliphatic heterocycles. The molecule has 5 nitrogen and oxygen atoms in total. The highest BCUT2D eigenvalue weighted by atomic mass is 16.1. The second kappa shape index (κ2) is 7.49. The van der Waals surface area contributed by atoms with Crippen LogP contribution in [0.25, 0.3) is 11.0 Å². The lowest BCUT2D eigenvalue weighted by Gasteiger charge is -2.14. The summed E-state index contributed by atoms with van der Waals surface area (Å²) >= 11 is 0. The number of para-hydroxylation sites is 3. The number of fused-ring (bicyclic) bond motifs is 1.